The van der Waals surface area contributed by atoms with Gasteiger partial charge in [-0.05, 0) is 92.8 Å². The summed E-state index contributed by atoms with van der Waals surface area (Å²) in [7, 11) is -1.34. The van der Waals surface area contributed by atoms with Gasteiger partial charge in [0.2, 0.25) is 5.91 Å². The van der Waals surface area contributed by atoms with Gasteiger partial charge in [-0.1, -0.05) is 75.4 Å². The first-order valence-electron chi connectivity index (χ1n) is 21.5. The van der Waals surface area contributed by atoms with Gasteiger partial charge in [-0.2, -0.15) is 14.9 Å². The van der Waals surface area contributed by atoms with Crippen molar-refractivity contribution >= 4 is 28.6 Å². The van der Waals surface area contributed by atoms with Crippen LogP contribution in [0, 0.1) is 11.3 Å². The summed E-state index contributed by atoms with van der Waals surface area (Å²) in [4.78, 5) is 36.7. The first-order chi connectivity index (χ1) is 30.4. The fraction of sp³-hybridized carbons (Fsp3) is 0.489. The van der Waals surface area contributed by atoms with Gasteiger partial charge in [-0.3, -0.25) is 9.36 Å². The number of rotatable bonds is 21. The molecule has 3 aromatic carbocycles. The molecule has 0 aliphatic carbocycles. The molecule has 17 heteroatoms. The molecule has 1 aromatic heterocycles. The number of carbonyl (C=O) groups is 1. The summed E-state index contributed by atoms with van der Waals surface area (Å²) in [5.41, 5.74) is 0.518. The first-order valence-corrected chi connectivity index (χ1v) is 25.5. The van der Waals surface area contributed by atoms with E-state index in [-0.39, 0.29) is 48.5 Å². The zero-order valence-corrected chi connectivity index (χ0v) is 41.0. The molecule has 1 aliphatic rings. The van der Waals surface area contributed by atoms with Crippen molar-refractivity contribution < 1.29 is 42.3 Å². The van der Waals surface area contributed by atoms with Crippen molar-refractivity contribution in [1.29, 1.82) is 5.26 Å². The molecular formula is C47H64N5O10PSi. The van der Waals surface area contributed by atoms with E-state index < -0.39 is 52.7 Å². The van der Waals surface area contributed by atoms with Gasteiger partial charge in [0.25, 0.3) is 8.53 Å². The maximum Gasteiger partial charge on any atom is 0.351 e. The topological polar surface area (TPSA) is 165 Å². The maximum atomic E-state index is 14.0. The third-order valence-electron chi connectivity index (χ3n) is 11.4. The lowest BCUT2D eigenvalue weighted by Gasteiger charge is -2.41. The number of ether oxygens (including phenoxy) is 4. The number of hydrogen-bond donors (Lipinski definition) is 1. The molecule has 5 rings (SSSR count). The second-order valence-electron chi connectivity index (χ2n) is 17.6. The normalized spacial score (nSPS) is 18.6. The average Bonchev–Trinajstić information content (AvgIpc) is 3.58. The molecule has 1 amide bonds. The van der Waals surface area contributed by atoms with E-state index in [1.165, 1.54) is 23.8 Å². The molecular weight excluding hydrogens is 854 g/mol. The highest BCUT2D eigenvalue weighted by molar-refractivity contribution is 7.44. The van der Waals surface area contributed by atoms with Crippen LogP contribution in [0.1, 0.15) is 84.7 Å². The molecule has 1 aliphatic heterocycles. The van der Waals surface area contributed by atoms with Crippen LogP contribution in [-0.2, 0) is 38.4 Å². The van der Waals surface area contributed by atoms with Crippen molar-refractivity contribution in [2.24, 2.45) is 0 Å². The van der Waals surface area contributed by atoms with Gasteiger partial charge in [0, 0.05) is 25.2 Å². The van der Waals surface area contributed by atoms with E-state index in [0.717, 1.165) is 16.7 Å². The minimum atomic E-state index is -2.69. The summed E-state index contributed by atoms with van der Waals surface area (Å²) < 4.78 is 48.8. The van der Waals surface area contributed by atoms with Crippen molar-refractivity contribution in [3.63, 3.8) is 0 Å². The standard InChI is InChI=1S/C47H64N5O10PSi/c1-32(2)52(33(3)4)63(58-30-16-28-48)62-60-42-40(59-44(43(42)61-64(11,12)46(6,7)8)51-29-27-41(49-34(5)53)50-45(51)54)31-57-47(35-17-14-13-15-18-35,36-19-23-38(55-9)24-20-36)37-21-25-39(56-10)26-22-37/h13-15,17-27,29,32-33,40,42-44H,16,30-31H2,1-12H3,(H,49,50,53,54)/t40-,42-,43-,44-,63?/m1/s1. The van der Waals surface area contributed by atoms with Gasteiger partial charge < -0.3 is 33.2 Å². The van der Waals surface area contributed by atoms with Gasteiger partial charge >= 0.3 is 5.69 Å². The van der Waals surface area contributed by atoms with E-state index in [1.807, 2.05) is 107 Å². The van der Waals surface area contributed by atoms with Crippen LogP contribution in [0.3, 0.4) is 0 Å². The van der Waals surface area contributed by atoms with Gasteiger partial charge in [-0.15, -0.1) is 0 Å². The maximum absolute atomic E-state index is 14.0. The Morgan fingerprint density at radius 1 is 0.906 bits per heavy atom. The fourth-order valence-corrected chi connectivity index (χ4v) is 10.0. The molecule has 15 nitrogen and oxygen atoms in total. The Balaban J connectivity index is 1.70. The third kappa shape index (κ3) is 11.8. The van der Waals surface area contributed by atoms with Crippen LogP contribution in [0.5, 0.6) is 11.5 Å². The van der Waals surface area contributed by atoms with Crippen molar-refractivity contribution in [1.82, 2.24) is 14.2 Å². The largest absolute Gasteiger partial charge is 0.497 e. The van der Waals surface area contributed by atoms with Gasteiger partial charge in [0.05, 0.1) is 39.9 Å². The van der Waals surface area contributed by atoms with Crippen LogP contribution in [0.4, 0.5) is 5.82 Å². The molecule has 0 spiro atoms. The Bertz CT molecular complexity index is 2160. The number of nitrogens with zero attached hydrogens (tertiary/aromatic N) is 4. The van der Waals surface area contributed by atoms with Crippen LogP contribution in [0.2, 0.25) is 18.1 Å². The first kappa shape index (κ1) is 50.5. The van der Waals surface area contributed by atoms with Crippen LogP contribution in [0.25, 0.3) is 0 Å². The number of nitrogens with one attached hydrogen (secondary N) is 1. The summed E-state index contributed by atoms with van der Waals surface area (Å²) in [5, 5.41) is 11.7. The van der Waals surface area contributed by atoms with Crippen LogP contribution in [-0.4, -0.2) is 86.3 Å². The number of benzene rings is 3. The van der Waals surface area contributed by atoms with Gasteiger partial charge in [0.1, 0.15) is 35.1 Å². The summed E-state index contributed by atoms with van der Waals surface area (Å²) in [6, 6.07) is 28.9. The number of amides is 1. The molecule has 64 heavy (non-hydrogen) atoms. The number of aromatic nitrogens is 2. The highest BCUT2D eigenvalue weighted by atomic mass is 31.2. The quantitative estimate of drug-likeness (QED) is 0.0210. The number of hydrogen-bond acceptors (Lipinski definition) is 13. The van der Waals surface area contributed by atoms with Crippen molar-refractivity contribution in [2.45, 2.75) is 122 Å². The molecule has 5 atom stereocenters. The molecule has 2 heterocycles. The van der Waals surface area contributed by atoms with Crippen LogP contribution >= 0.6 is 8.53 Å². The number of nitriles is 1. The highest BCUT2D eigenvalue weighted by Gasteiger charge is 2.54. The van der Waals surface area contributed by atoms with Crippen molar-refractivity contribution in [3.8, 4) is 17.6 Å². The third-order valence-corrected chi connectivity index (χ3v) is 17.8. The SMILES string of the molecule is COc1ccc(C(OC[C@H]2O[C@@H](n3ccc(NC(C)=O)nc3=O)[C@H](O[Si](C)(C)C(C)(C)C)[C@@H]2OOP(OCCC#N)N(C(C)C)C(C)C)(c2ccccc2)c2ccc(OC)cc2)cc1. The zero-order valence-electron chi connectivity index (χ0n) is 39.1. The zero-order chi connectivity index (χ0) is 46.8. The predicted molar refractivity (Wildman–Crippen MR) is 248 cm³/mol. The van der Waals surface area contributed by atoms with Gasteiger partial charge in [-0.25, -0.2) is 14.4 Å². The Labute approximate surface area is 379 Å². The van der Waals surface area contributed by atoms with E-state index in [1.54, 1.807) is 14.2 Å². The molecule has 1 fully saturated rings. The lowest BCUT2D eigenvalue weighted by Crippen LogP contribution is -2.50. The fourth-order valence-electron chi connectivity index (χ4n) is 7.32. The van der Waals surface area contributed by atoms with Crippen molar-refractivity contribution in [3.05, 3.63) is 118 Å². The summed E-state index contributed by atoms with van der Waals surface area (Å²) in [5.74, 6) is 1.07. The average molecular weight is 918 g/mol. The van der Waals surface area contributed by atoms with Gasteiger partial charge in [0.15, 0.2) is 20.6 Å². The molecule has 1 N–H and O–H groups in total. The van der Waals surface area contributed by atoms with E-state index >= 15 is 0 Å². The lowest BCUT2D eigenvalue weighted by atomic mass is 9.80. The molecule has 0 bridgehead atoms. The van der Waals surface area contributed by atoms with E-state index in [2.05, 4.69) is 54.9 Å². The Kier molecular flexibility index (Phi) is 17.4. The summed E-state index contributed by atoms with van der Waals surface area (Å²) in [6.07, 6.45) is -2.33. The Morgan fingerprint density at radius 2 is 1.47 bits per heavy atom. The molecule has 0 saturated carbocycles. The lowest BCUT2D eigenvalue weighted by molar-refractivity contribution is -0.275. The van der Waals surface area contributed by atoms with Crippen LogP contribution < -0.4 is 20.5 Å². The van der Waals surface area contributed by atoms with E-state index in [9.17, 15) is 14.9 Å². The number of methoxy groups -OCH3 is 2. The predicted octanol–water partition coefficient (Wildman–Crippen LogP) is 9.11. The summed E-state index contributed by atoms with van der Waals surface area (Å²) >= 11 is 0. The Morgan fingerprint density at radius 3 is 1.95 bits per heavy atom. The second kappa shape index (κ2) is 22.1. The minimum absolute atomic E-state index is 0.0185. The van der Waals surface area contributed by atoms with Crippen molar-refractivity contribution in [2.75, 3.05) is 32.8 Å². The molecule has 1 unspecified atom stereocenters. The monoisotopic (exact) mass is 917 g/mol. The van der Waals surface area contributed by atoms with Crippen LogP contribution in [0.15, 0.2) is 95.9 Å². The second-order valence-corrected chi connectivity index (χ2v) is 23.7. The molecule has 0 radical (unpaired) electrons. The van der Waals surface area contributed by atoms with E-state index in [0.29, 0.717) is 11.5 Å². The number of anilines is 1. The molecule has 346 valence electrons. The Hall–Kier alpha value is -4.53. The highest BCUT2D eigenvalue weighted by Crippen LogP contribution is 2.50. The number of carbonyl (C=O) groups excluding carboxylic acids is 1. The minimum Gasteiger partial charge on any atom is -0.497 e. The molecule has 4 aromatic rings. The smallest absolute Gasteiger partial charge is 0.351 e. The van der Waals surface area contributed by atoms with E-state index in [4.69, 9.17) is 37.5 Å². The molecule has 1 saturated heterocycles. The summed E-state index contributed by atoms with van der Waals surface area (Å²) in [6.45, 7) is 20.1.